The smallest absolute Gasteiger partial charge is 0.294 e. The Morgan fingerprint density at radius 2 is 2.00 bits per heavy atom. The summed E-state index contributed by atoms with van der Waals surface area (Å²) in [7, 11) is -4.10. The van der Waals surface area contributed by atoms with Gasteiger partial charge in [-0.2, -0.15) is 8.42 Å². The summed E-state index contributed by atoms with van der Waals surface area (Å²) in [6.07, 6.45) is 4.76. The molecular weight excluding hydrogens is 252 g/mol. The summed E-state index contributed by atoms with van der Waals surface area (Å²) < 4.78 is 36.2. The first kappa shape index (κ1) is 13.0. The third-order valence-electron chi connectivity index (χ3n) is 2.63. The van der Waals surface area contributed by atoms with Gasteiger partial charge in [-0.3, -0.25) is 4.55 Å². The van der Waals surface area contributed by atoms with Gasteiger partial charge in [0.25, 0.3) is 10.1 Å². The highest BCUT2D eigenvalue weighted by Crippen LogP contribution is 2.18. The van der Waals surface area contributed by atoms with Gasteiger partial charge in [-0.1, -0.05) is 42.5 Å². The third kappa shape index (κ3) is 3.53. The van der Waals surface area contributed by atoms with E-state index in [1.807, 2.05) is 30.3 Å². The summed E-state index contributed by atoms with van der Waals surface area (Å²) in [4.78, 5) is -0.0675. The monoisotopic (exact) mass is 266 g/mol. The standard InChI is InChI=1S/C13H14O4S/c14-18(15,16)13-8-6-12(7-9-13)17-10-11-4-2-1-3-5-11/h1-6,8-9,12H,7,10H2,(H,14,15,16). The van der Waals surface area contributed by atoms with Gasteiger partial charge in [0.05, 0.1) is 17.6 Å². The Morgan fingerprint density at radius 1 is 1.28 bits per heavy atom. The van der Waals surface area contributed by atoms with Crippen LogP contribution in [0.15, 0.2) is 53.5 Å². The number of hydrogen-bond acceptors (Lipinski definition) is 3. The van der Waals surface area contributed by atoms with Gasteiger partial charge < -0.3 is 4.74 Å². The Labute approximate surface area is 106 Å². The van der Waals surface area contributed by atoms with Gasteiger partial charge in [-0.25, -0.2) is 0 Å². The van der Waals surface area contributed by atoms with E-state index in [9.17, 15) is 8.42 Å². The zero-order valence-electron chi connectivity index (χ0n) is 9.69. The van der Waals surface area contributed by atoms with E-state index >= 15 is 0 Å². The quantitative estimate of drug-likeness (QED) is 0.849. The molecule has 0 aromatic heterocycles. The molecule has 0 heterocycles. The highest BCUT2D eigenvalue weighted by Gasteiger charge is 2.16. The lowest BCUT2D eigenvalue weighted by molar-refractivity contribution is 0.0732. The average Bonchev–Trinajstić information content (AvgIpc) is 2.37. The lowest BCUT2D eigenvalue weighted by atomic mass is 10.1. The molecule has 1 atom stereocenters. The fourth-order valence-corrected chi connectivity index (χ4v) is 2.23. The third-order valence-corrected chi connectivity index (χ3v) is 3.53. The lowest BCUT2D eigenvalue weighted by Gasteiger charge is -2.16. The lowest BCUT2D eigenvalue weighted by Crippen LogP contribution is -2.13. The minimum atomic E-state index is -4.10. The molecule has 0 spiro atoms. The van der Waals surface area contributed by atoms with E-state index < -0.39 is 10.1 Å². The van der Waals surface area contributed by atoms with E-state index in [2.05, 4.69) is 0 Å². The Balaban J connectivity index is 1.89. The molecule has 1 aliphatic carbocycles. The van der Waals surface area contributed by atoms with Gasteiger partial charge in [0.15, 0.2) is 0 Å². The fourth-order valence-electron chi connectivity index (χ4n) is 1.67. The second-order valence-electron chi connectivity index (χ2n) is 4.01. The molecule has 1 N–H and O–H groups in total. The molecule has 0 bridgehead atoms. The zero-order valence-corrected chi connectivity index (χ0v) is 10.5. The average molecular weight is 266 g/mol. The maximum atomic E-state index is 10.9. The molecule has 0 aliphatic heterocycles. The topological polar surface area (TPSA) is 63.6 Å². The van der Waals surface area contributed by atoms with E-state index in [1.165, 1.54) is 12.2 Å². The predicted molar refractivity (Wildman–Crippen MR) is 68.4 cm³/mol. The second-order valence-corrected chi connectivity index (χ2v) is 5.43. The molecule has 0 saturated heterocycles. The van der Waals surface area contributed by atoms with Crippen LogP contribution in [0.5, 0.6) is 0 Å². The van der Waals surface area contributed by atoms with Crippen LogP contribution in [0.3, 0.4) is 0 Å². The summed E-state index contributed by atoms with van der Waals surface area (Å²) in [5.74, 6) is 0. The van der Waals surface area contributed by atoms with Crippen LogP contribution in [0.25, 0.3) is 0 Å². The van der Waals surface area contributed by atoms with Crippen molar-refractivity contribution in [3.8, 4) is 0 Å². The van der Waals surface area contributed by atoms with Crippen molar-refractivity contribution >= 4 is 10.1 Å². The molecule has 0 saturated carbocycles. The van der Waals surface area contributed by atoms with Crippen LogP contribution in [0.1, 0.15) is 12.0 Å². The molecule has 5 heteroatoms. The summed E-state index contributed by atoms with van der Waals surface area (Å²) in [5.41, 5.74) is 1.07. The van der Waals surface area contributed by atoms with Gasteiger partial charge in [-0.15, -0.1) is 0 Å². The minimum Gasteiger partial charge on any atom is -0.369 e. The summed E-state index contributed by atoms with van der Waals surface area (Å²) in [6.45, 7) is 0.477. The van der Waals surface area contributed by atoms with Gasteiger partial charge in [-0.05, 0) is 18.1 Å². The number of ether oxygens (including phenoxy) is 1. The van der Waals surface area contributed by atoms with Crippen LogP contribution in [0, 0.1) is 0 Å². The van der Waals surface area contributed by atoms with E-state index in [1.54, 1.807) is 6.08 Å². The number of benzene rings is 1. The molecule has 0 amide bonds. The van der Waals surface area contributed by atoms with Crippen molar-refractivity contribution in [2.24, 2.45) is 0 Å². The molecule has 18 heavy (non-hydrogen) atoms. The van der Waals surface area contributed by atoms with Crippen LogP contribution < -0.4 is 0 Å². The van der Waals surface area contributed by atoms with Crippen LogP contribution in [-0.4, -0.2) is 19.1 Å². The van der Waals surface area contributed by atoms with Crippen LogP contribution in [0.4, 0.5) is 0 Å². The maximum absolute atomic E-state index is 10.9. The van der Waals surface area contributed by atoms with Crippen molar-refractivity contribution in [3.05, 3.63) is 59.0 Å². The SMILES string of the molecule is O=S(=O)(O)C1=CCC(OCc2ccccc2)C=C1. The Hall–Kier alpha value is -1.43. The summed E-state index contributed by atoms with van der Waals surface area (Å²) >= 11 is 0. The van der Waals surface area contributed by atoms with Crippen molar-refractivity contribution in [1.82, 2.24) is 0 Å². The van der Waals surface area contributed by atoms with Crippen LogP contribution in [-0.2, 0) is 21.5 Å². The first-order valence-corrected chi connectivity index (χ1v) is 7.01. The first-order chi connectivity index (χ1) is 8.55. The normalized spacial score (nSPS) is 19.6. The van der Waals surface area contributed by atoms with Crippen LogP contribution in [0.2, 0.25) is 0 Å². The Morgan fingerprint density at radius 3 is 2.56 bits per heavy atom. The maximum Gasteiger partial charge on any atom is 0.294 e. The van der Waals surface area contributed by atoms with E-state index in [0.29, 0.717) is 13.0 Å². The largest absolute Gasteiger partial charge is 0.369 e. The first-order valence-electron chi connectivity index (χ1n) is 5.57. The molecule has 96 valence electrons. The van der Waals surface area contributed by atoms with Crippen molar-refractivity contribution in [2.75, 3.05) is 0 Å². The number of allylic oxidation sites excluding steroid dienone is 1. The van der Waals surface area contributed by atoms with Crippen molar-refractivity contribution in [1.29, 1.82) is 0 Å². The molecule has 4 nitrogen and oxygen atoms in total. The Kier molecular flexibility index (Phi) is 3.96. The number of rotatable bonds is 4. The molecule has 1 aliphatic rings. The molecule has 1 unspecified atom stereocenters. The molecule has 0 fully saturated rings. The second kappa shape index (κ2) is 5.48. The fraction of sp³-hybridized carbons (Fsp3) is 0.231. The highest BCUT2D eigenvalue weighted by molar-refractivity contribution is 7.90. The van der Waals surface area contributed by atoms with E-state index in [4.69, 9.17) is 9.29 Å². The summed E-state index contributed by atoms with van der Waals surface area (Å²) in [6, 6.07) is 9.74. The highest BCUT2D eigenvalue weighted by atomic mass is 32.2. The Bertz CT molecular complexity index is 558. The predicted octanol–water partition coefficient (Wildman–Crippen LogP) is 2.30. The van der Waals surface area contributed by atoms with Crippen molar-refractivity contribution in [2.45, 2.75) is 19.1 Å². The molecular formula is C13H14O4S. The minimum absolute atomic E-state index is 0.0675. The van der Waals surface area contributed by atoms with Gasteiger partial charge >= 0.3 is 0 Å². The van der Waals surface area contributed by atoms with E-state index in [-0.39, 0.29) is 11.0 Å². The number of hydrogen-bond donors (Lipinski definition) is 1. The molecule has 0 radical (unpaired) electrons. The molecule has 2 rings (SSSR count). The zero-order chi connectivity index (χ0) is 13.0. The summed E-state index contributed by atoms with van der Waals surface area (Å²) in [5, 5.41) is 0. The van der Waals surface area contributed by atoms with Crippen molar-refractivity contribution in [3.63, 3.8) is 0 Å². The van der Waals surface area contributed by atoms with E-state index in [0.717, 1.165) is 5.56 Å². The molecule has 1 aromatic rings. The molecule has 1 aromatic carbocycles. The van der Waals surface area contributed by atoms with Crippen molar-refractivity contribution < 1.29 is 17.7 Å². The van der Waals surface area contributed by atoms with Gasteiger partial charge in [0.2, 0.25) is 0 Å². The van der Waals surface area contributed by atoms with Gasteiger partial charge in [0.1, 0.15) is 0 Å². The van der Waals surface area contributed by atoms with Crippen LogP contribution >= 0.6 is 0 Å². The van der Waals surface area contributed by atoms with Gasteiger partial charge in [0, 0.05) is 0 Å².